The number of hydrogen-bond acceptors (Lipinski definition) is 7. The van der Waals surface area contributed by atoms with Crippen LogP contribution < -0.4 is 19.9 Å². The van der Waals surface area contributed by atoms with Crippen molar-refractivity contribution in [2.45, 2.75) is 62.2 Å². The van der Waals surface area contributed by atoms with Crippen LogP contribution in [0, 0.1) is 11.6 Å². The summed E-state index contributed by atoms with van der Waals surface area (Å²) in [6.45, 7) is 3.14. The molecular formula is C34H33ClF2N6O2. The highest BCUT2D eigenvalue weighted by Crippen LogP contribution is 2.50. The lowest BCUT2D eigenvalue weighted by Crippen LogP contribution is -2.66. The van der Waals surface area contributed by atoms with E-state index in [0.717, 1.165) is 57.3 Å². The number of carbonyl (C=O) groups is 1. The van der Waals surface area contributed by atoms with E-state index in [9.17, 15) is 9.18 Å². The van der Waals surface area contributed by atoms with Crippen molar-refractivity contribution in [2.24, 2.45) is 0 Å². The minimum atomic E-state index is -0.635. The van der Waals surface area contributed by atoms with Crippen LogP contribution >= 0.6 is 11.6 Å². The molecule has 0 spiro atoms. The molecule has 7 heterocycles. The number of ether oxygens (including phenoxy) is 1. The van der Waals surface area contributed by atoms with E-state index < -0.39 is 17.7 Å². The number of anilines is 2. The number of aromatic nitrogens is 2. The first-order valence-corrected chi connectivity index (χ1v) is 16.3. The van der Waals surface area contributed by atoms with Crippen LogP contribution in [0.15, 0.2) is 36.5 Å². The van der Waals surface area contributed by atoms with Gasteiger partial charge in [-0.15, -0.1) is 0 Å². The molecule has 11 heteroatoms. The van der Waals surface area contributed by atoms with Crippen LogP contribution in [0.4, 0.5) is 20.2 Å². The molecule has 2 bridgehead atoms. The Morgan fingerprint density at radius 1 is 1.11 bits per heavy atom. The Bertz CT molecular complexity index is 1910. The normalized spacial score (nSPS) is 25.2. The molecule has 0 radical (unpaired) electrons. The standard InChI is InChI=1S/C34H33ClF2N6O2/c1-41-31-29(43-16-19-8-10-23(39-19)30(43)33(41)44)21-15-38-27(20-6-2-5-18-7-9-22(36)25(35)24(18)20)26(37)28(21)40-32(31)45-17-34-11-3-13-42(34)14-4-12-34/h2,5-7,9,15,19,23,30,39H,3-4,8,10-14,16-17H2,1H3. The SMILES string of the molecule is CN1C(=O)C2C3CCC(CN2c2c1c(OCC14CCCN1CCC4)nc1c(F)c(-c4cccc5ccc(F)c(Cl)c45)ncc21)N3. The molecule has 5 aliphatic rings. The van der Waals surface area contributed by atoms with Gasteiger partial charge in [0.2, 0.25) is 5.88 Å². The predicted molar refractivity (Wildman–Crippen MR) is 170 cm³/mol. The number of benzene rings is 2. The lowest BCUT2D eigenvalue weighted by atomic mass is 9.95. The maximum atomic E-state index is 16.9. The van der Waals surface area contributed by atoms with E-state index in [-0.39, 0.29) is 45.6 Å². The van der Waals surface area contributed by atoms with Crippen molar-refractivity contribution in [1.29, 1.82) is 0 Å². The van der Waals surface area contributed by atoms with Gasteiger partial charge in [0, 0.05) is 48.2 Å². The average molecular weight is 631 g/mol. The highest BCUT2D eigenvalue weighted by molar-refractivity contribution is 6.36. The number of fused-ring (bicyclic) bond motifs is 10. The van der Waals surface area contributed by atoms with Gasteiger partial charge in [-0.1, -0.05) is 35.9 Å². The zero-order chi connectivity index (χ0) is 30.6. The number of halogens is 3. The summed E-state index contributed by atoms with van der Waals surface area (Å²) in [6, 6.07) is 8.05. The summed E-state index contributed by atoms with van der Waals surface area (Å²) in [6.07, 6.45) is 7.84. The molecule has 8 nitrogen and oxygen atoms in total. The van der Waals surface area contributed by atoms with Crippen molar-refractivity contribution in [3.63, 3.8) is 0 Å². The fraction of sp³-hybridized carbons (Fsp3) is 0.441. The Morgan fingerprint density at radius 3 is 2.76 bits per heavy atom. The smallest absolute Gasteiger partial charge is 0.251 e. The number of hydrogen-bond donors (Lipinski definition) is 1. The lowest BCUT2D eigenvalue weighted by molar-refractivity contribution is -0.120. The van der Waals surface area contributed by atoms with Crippen molar-refractivity contribution < 1.29 is 18.3 Å². The Morgan fingerprint density at radius 2 is 1.93 bits per heavy atom. The van der Waals surface area contributed by atoms with E-state index in [4.69, 9.17) is 21.3 Å². The molecule has 0 aliphatic carbocycles. The van der Waals surface area contributed by atoms with E-state index in [1.165, 1.54) is 6.07 Å². The minimum Gasteiger partial charge on any atom is -0.474 e. The molecule has 4 fully saturated rings. The highest BCUT2D eigenvalue weighted by Gasteiger charge is 2.51. The fourth-order valence-electron chi connectivity index (χ4n) is 8.85. The van der Waals surface area contributed by atoms with Gasteiger partial charge in [0.15, 0.2) is 5.82 Å². The molecular weight excluding hydrogens is 598 g/mol. The quantitative estimate of drug-likeness (QED) is 0.311. The van der Waals surface area contributed by atoms with E-state index in [1.807, 2.05) is 6.07 Å². The van der Waals surface area contributed by atoms with Gasteiger partial charge in [-0.25, -0.2) is 13.8 Å². The van der Waals surface area contributed by atoms with Gasteiger partial charge in [-0.3, -0.25) is 14.7 Å². The predicted octanol–water partition coefficient (Wildman–Crippen LogP) is 5.67. The third-order valence-electron chi connectivity index (χ3n) is 11.0. The second-order valence-corrected chi connectivity index (χ2v) is 13.7. The number of pyridine rings is 2. The highest BCUT2D eigenvalue weighted by atomic mass is 35.5. The monoisotopic (exact) mass is 630 g/mol. The molecule has 4 aromatic rings. The maximum absolute atomic E-state index is 16.9. The number of nitrogens with one attached hydrogen (secondary N) is 1. The van der Waals surface area contributed by atoms with E-state index in [0.29, 0.717) is 40.6 Å². The molecule has 2 aromatic heterocycles. The Hall–Kier alpha value is -3.60. The van der Waals surface area contributed by atoms with Gasteiger partial charge in [0.1, 0.15) is 35.4 Å². The van der Waals surface area contributed by atoms with Crippen LogP contribution in [0.1, 0.15) is 38.5 Å². The first-order chi connectivity index (χ1) is 21.8. The summed E-state index contributed by atoms with van der Waals surface area (Å²) in [7, 11) is 1.76. The average Bonchev–Trinajstić information content (AvgIpc) is 3.74. The van der Waals surface area contributed by atoms with Gasteiger partial charge < -0.3 is 19.9 Å². The van der Waals surface area contributed by atoms with Gasteiger partial charge in [0.05, 0.1) is 16.2 Å². The molecule has 3 unspecified atom stereocenters. The zero-order valence-electron chi connectivity index (χ0n) is 25.0. The van der Waals surface area contributed by atoms with Crippen molar-refractivity contribution in [1.82, 2.24) is 20.2 Å². The van der Waals surface area contributed by atoms with E-state index >= 15 is 4.39 Å². The summed E-state index contributed by atoms with van der Waals surface area (Å²) in [4.78, 5) is 29.7. The summed E-state index contributed by atoms with van der Waals surface area (Å²) in [5.74, 6) is -0.988. The summed E-state index contributed by atoms with van der Waals surface area (Å²) in [5.41, 5.74) is 1.75. The molecule has 232 valence electrons. The van der Waals surface area contributed by atoms with Crippen LogP contribution in [0.2, 0.25) is 5.02 Å². The second kappa shape index (κ2) is 9.95. The van der Waals surface area contributed by atoms with Gasteiger partial charge in [-0.2, -0.15) is 0 Å². The fourth-order valence-corrected chi connectivity index (χ4v) is 9.12. The van der Waals surface area contributed by atoms with E-state index in [2.05, 4.69) is 20.1 Å². The van der Waals surface area contributed by atoms with Crippen LogP contribution in [0.3, 0.4) is 0 Å². The van der Waals surface area contributed by atoms with Crippen LogP contribution in [0.25, 0.3) is 32.9 Å². The van der Waals surface area contributed by atoms with Crippen LogP contribution in [0.5, 0.6) is 5.88 Å². The van der Waals surface area contributed by atoms with Crippen molar-refractivity contribution in [3.05, 3.63) is 53.2 Å². The number of piperazine rings is 1. The summed E-state index contributed by atoms with van der Waals surface area (Å²) in [5, 5.41) is 5.12. The van der Waals surface area contributed by atoms with Crippen LogP contribution in [-0.2, 0) is 4.79 Å². The van der Waals surface area contributed by atoms with Crippen molar-refractivity contribution in [2.75, 3.05) is 43.1 Å². The molecule has 45 heavy (non-hydrogen) atoms. The first-order valence-electron chi connectivity index (χ1n) is 15.9. The number of carbonyl (C=O) groups excluding carboxylic acids is 1. The number of likely N-dealkylation sites (N-methyl/N-ethyl adjacent to an activating group) is 1. The number of nitrogens with zero attached hydrogens (tertiary/aromatic N) is 5. The zero-order valence-corrected chi connectivity index (χ0v) is 25.7. The third kappa shape index (κ3) is 3.91. The third-order valence-corrected chi connectivity index (χ3v) is 11.4. The largest absolute Gasteiger partial charge is 0.474 e. The molecule has 5 aliphatic heterocycles. The molecule has 3 atom stereocenters. The lowest BCUT2D eigenvalue weighted by Gasteiger charge is -2.48. The van der Waals surface area contributed by atoms with Crippen LogP contribution in [-0.4, -0.2) is 77.7 Å². The minimum absolute atomic E-state index is 0.00802. The Labute approximate surface area is 264 Å². The number of amides is 1. The maximum Gasteiger partial charge on any atom is 0.251 e. The Kier molecular flexibility index (Phi) is 6.12. The van der Waals surface area contributed by atoms with Gasteiger partial charge >= 0.3 is 0 Å². The molecule has 2 aromatic carbocycles. The Balaban J connectivity index is 1.26. The molecule has 9 rings (SSSR count). The molecule has 0 saturated carbocycles. The summed E-state index contributed by atoms with van der Waals surface area (Å²) < 4.78 is 38.2. The molecule has 1 amide bonds. The van der Waals surface area contributed by atoms with E-state index in [1.54, 1.807) is 36.3 Å². The van der Waals surface area contributed by atoms with Gasteiger partial charge in [-0.05, 0) is 63.1 Å². The number of rotatable bonds is 4. The topological polar surface area (TPSA) is 73.8 Å². The van der Waals surface area contributed by atoms with Crippen molar-refractivity contribution >= 4 is 50.6 Å². The summed E-state index contributed by atoms with van der Waals surface area (Å²) >= 11 is 6.44. The molecule has 4 saturated heterocycles. The first kappa shape index (κ1) is 27.7. The molecule has 1 N–H and O–H groups in total. The van der Waals surface area contributed by atoms with Crippen molar-refractivity contribution in [3.8, 4) is 17.1 Å². The second-order valence-electron chi connectivity index (χ2n) is 13.3. The van der Waals surface area contributed by atoms with Gasteiger partial charge in [0.25, 0.3) is 5.91 Å².